The lowest BCUT2D eigenvalue weighted by molar-refractivity contribution is -0.149. The molecule has 1 aliphatic rings. The summed E-state index contributed by atoms with van der Waals surface area (Å²) in [6.45, 7) is 2.38. The average molecular weight is 335 g/mol. The van der Waals surface area contributed by atoms with E-state index < -0.39 is 11.9 Å². The lowest BCUT2D eigenvalue weighted by Crippen LogP contribution is -2.13. The predicted molar refractivity (Wildman–Crippen MR) is 79.1 cm³/mol. The number of halogens is 3. The maximum atomic E-state index is 13.5. The summed E-state index contributed by atoms with van der Waals surface area (Å²) in [6.07, 6.45) is 2.34. The molecular weight excluding hydrogens is 318 g/mol. The number of ether oxygens (including phenoxy) is 2. The first-order valence-electron chi connectivity index (χ1n) is 6.93. The summed E-state index contributed by atoms with van der Waals surface area (Å²) in [6, 6.07) is 2.58. The molecule has 1 heterocycles. The van der Waals surface area contributed by atoms with E-state index in [0.717, 1.165) is 19.4 Å². The number of carbonyl (C=O) groups is 1. The van der Waals surface area contributed by atoms with E-state index in [1.807, 2.05) is 0 Å². The van der Waals surface area contributed by atoms with Crippen LogP contribution in [0.4, 0.5) is 4.39 Å². The third-order valence-electron chi connectivity index (χ3n) is 3.49. The first-order chi connectivity index (χ1) is 9.99. The molecule has 2 atom stereocenters. The SMILES string of the molecule is CC(OC(=O)CCC1CCCO1)c1c(Cl)ccc(F)c1Cl. The summed E-state index contributed by atoms with van der Waals surface area (Å²) in [5.41, 5.74) is 0.295. The van der Waals surface area contributed by atoms with Gasteiger partial charge < -0.3 is 9.47 Å². The molecule has 0 amide bonds. The molecule has 116 valence electrons. The zero-order valence-corrected chi connectivity index (χ0v) is 13.2. The van der Waals surface area contributed by atoms with Gasteiger partial charge in [-0.05, 0) is 38.3 Å². The predicted octanol–water partition coefficient (Wildman–Crippen LogP) is 4.70. The maximum absolute atomic E-state index is 13.5. The van der Waals surface area contributed by atoms with Crippen LogP contribution in [-0.4, -0.2) is 18.7 Å². The molecule has 1 aromatic carbocycles. The van der Waals surface area contributed by atoms with Gasteiger partial charge in [0.05, 0.1) is 11.1 Å². The number of carbonyl (C=O) groups excluding carboxylic acids is 1. The minimum Gasteiger partial charge on any atom is -0.458 e. The summed E-state index contributed by atoms with van der Waals surface area (Å²) in [4.78, 5) is 11.8. The van der Waals surface area contributed by atoms with Crippen LogP contribution in [0.3, 0.4) is 0 Å². The molecule has 1 aliphatic heterocycles. The summed E-state index contributed by atoms with van der Waals surface area (Å²) >= 11 is 11.9. The Labute approximate surface area is 133 Å². The highest BCUT2D eigenvalue weighted by Gasteiger charge is 2.22. The second-order valence-corrected chi connectivity index (χ2v) is 5.85. The molecular formula is C15H17Cl2FO3. The van der Waals surface area contributed by atoms with Crippen LogP contribution >= 0.6 is 23.2 Å². The topological polar surface area (TPSA) is 35.5 Å². The van der Waals surface area contributed by atoms with E-state index in [-0.39, 0.29) is 28.5 Å². The summed E-state index contributed by atoms with van der Waals surface area (Å²) in [7, 11) is 0. The molecule has 2 unspecified atom stereocenters. The number of hydrogen-bond donors (Lipinski definition) is 0. The molecule has 0 radical (unpaired) electrons. The van der Waals surface area contributed by atoms with Gasteiger partial charge in [0.2, 0.25) is 0 Å². The van der Waals surface area contributed by atoms with Gasteiger partial charge in [0.1, 0.15) is 11.9 Å². The summed E-state index contributed by atoms with van der Waals surface area (Å²) in [5.74, 6) is -0.951. The van der Waals surface area contributed by atoms with Crippen LogP contribution < -0.4 is 0 Å². The van der Waals surface area contributed by atoms with Gasteiger partial charge in [-0.2, -0.15) is 0 Å². The molecule has 1 fully saturated rings. The van der Waals surface area contributed by atoms with E-state index in [0.29, 0.717) is 12.0 Å². The highest BCUT2D eigenvalue weighted by Crippen LogP contribution is 2.34. The lowest BCUT2D eigenvalue weighted by atomic mass is 10.1. The van der Waals surface area contributed by atoms with Gasteiger partial charge in [-0.15, -0.1) is 0 Å². The van der Waals surface area contributed by atoms with Crippen LogP contribution in [0.5, 0.6) is 0 Å². The fourth-order valence-electron chi connectivity index (χ4n) is 2.38. The van der Waals surface area contributed by atoms with Crippen molar-refractivity contribution in [3.63, 3.8) is 0 Å². The standard InChI is InChI=1S/C15H17Cl2FO3/c1-9(14-11(16)5-6-12(18)15(14)17)21-13(19)7-4-10-3-2-8-20-10/h5-6,9-10H,2-4,7-8H2,1H3. The first kappa shape index (κ1) is 16.5. The lowest BCUT2D eigenvalue weighted by Gasteiger charge is -2.17. The van der Waals surface area contributed by atoms with E-state index in [1.165, 1.54) is 12.1 Å². The quantitative estimate of drug-likeness (QED) is 0.578. The van der Waals surface area contributed by atoms with E-state index in [2.05, 4.69) is 0 Å². The maximum Gasteiger partial charge on any atom is 0.306 e. The van der Waals surface area contributed by atoms with Crippen LogP contribution in [0.2, 0.25) is 10.0 Å². The van der Waals surface area contributed by atoms with Gasteiger partial charge in [-0.3, -0.25) is 4.79 Å². The zero-order valence-electron chi connectivity index (χ0n) is 11.7. The monoisotopic (exact) mass is 334 g/mol. The Hall–Kier alpha value is -0.840. The first-order valence-corrected chi connectivity index (χ1v) is 7.69. The Morgan fingerprint density at radius 1 is 1.52 bits per heavy atom. The highest BCUT2D eigenvalue weighted by molar-refractivity contribution is 6.36. The van der Waals surface area contributed by atoms with Gasteiger partial charge in [0.25, 0.3) is 0 Å². The Bertz CT molecular complexity index is 516. The van der Waals surface area contributed by atoms with Crippen molar-refractivity contribution in [1.29, 1.82) is 0 Å². The normalized spacial score (nSPS) is 19.5. The van der Waals surface area contributed by atoms with Gasteiger partial charge in [0, 0.05) is 23.6 Å². The van der Waals surface area contributed by atoms with Crippen molar-refractivity contribution in [3.8, 4) is 0 Å². The van der Waals surface area contributed by atoms with Crippen LogP contribution in [0.15, 0.2) is 12.1 Å². The largest absolute Gasteiger partial charge is 0.458 e. The Morgan fingerprint density at radius 3 is 2.95 bits per heavy atom. The Balaban J connectivity index is 1.92. The smallest absolute Gasteiger partial charge is 0.306 e. The van der Waals surface area contributed by atoms with Crippen LogP contribution in [0, 0.1) is 5.82 Å². The van der Waals surface area contributed by atoms with Crippen molar-refractivity contribution < 1.29 is 18.7 Å². The molecule has 0 spiro atoms. The van der Waals surface area contributed by atoms with Crippen molar-refractivity contribution in [3.05, 3.63) is 33.6 Å². The molecule has 0 aromatic heterocycles. The molecule has 0 saturated carbocycles. The Kier molecular flexibility index (Phi) is 5.85. The average Bonchev–Trinajstić information content (AvgIpc) is 2.94. The molecule has 0 aliphatic carbocycles. The van der Waals surface area contributed by atoms with Gasteiger partial charge in [-0.1, -0.05) is 23.2 Å². The fourth-order valence-corrected chi connectivity index (χ4v) is 3.06. The van der Waals surface area contributed by atoms with E-state index >= 15 is 0 Å². The van der Waals surface area contributed by atoms with E-state index in [9.17, 15) is 9.18 Å². The number of hydrogen-bond acceptors (Lipinski definition) is 3. The number of esters is 1. The van der Waals surface area contributed by atoms with Crippen LogP contribution in [0.25, 0.3) is 0 Å². The number of benzene rings is 1. The van der Waals surface area contributed by atoms with Crippen molar-refractivity contribution in [1.82, 2.24) is 0 Å². The fraction of sp³-hybridized carbons (Fsp3) is 0.533. The zero-order chi connectivity index (χ0) is 15.4. The van der Waals surface area contributed by atoms with E-state index in [1.54, 1.807) is 6.92 Å². The molecule has 21 heavy (non-hydrogen) atoms. The molecule has 0 N–H and O–H groups in total. The van der Waals surface area contributed by atoms with Gasteiger partial charge in [-0.25, -0.2) is 4.39 Å². The second-order valence-electron chi connectivity index (χ2n) is 5.06. The summed E-state index contributed by atoms with van der Waals surface area (Å²) < 4.78 is 24.2. The van der Waals surface area contributed by atoms with Crippen LogP contribution in [-0.2, 0) is 14.3 Å². The molecule has 0 bridgehead atoms. The van der Waals surface area contributed by atoms with Crippen molar-refractivity contribution in [2.75, 3.05) is 6.61 Å². The van der Waals surface area contributed by atoms with Crippen molar-refractivity contribution >= 4 is 29.2 Å². The second kappa shape index (κ2) is 7.43. The van der Waals surface area contributed by atoms with Crippen molar-refractivity contribution in [2.45, 2.75) is 44.8 Å². The molecule has 3 nitrogen and oxygen atoms in total. The van der Waals surface area contributed by atoms with Crippen LogP contribution in [0.1, 0.15) is 44.3 Å². The summed E-state index contributed by atoms with van der Waals surface area (Å²) in [5, 5.41) is 0.169. The minimum absolute atomic E-state index is 0.109. The molecule has 2 rings (SSSR count). The van der Waals surface area contributed by atoms with Gasteiger partial charge in [0.15, 0.2) is 0 Å². The third-order valence-corrected chi connectivity index (χ3v) is 4.20. The number of rotatable bonds is 5. The molecule has 1 saturated heterocycles. The molecule has 1 aromatic rings. The third kappa shape index (κ3) is 4.31. The minimum atomic E-state index is -0.697. The Morgan fingerprint density at radius 2 is 2.29 bits per heavy atom. The van der Waals surface area contributed by atoms with Crippen molar-refractivity contribution in [2.24, 2.45) is 0 Å². The highest BCUT2D eigenvalue weighted by atomic mass is 35.5. The van der Waals surface area contributed by atoms with Gasteiger partial charge >= 0.3 is 5.97 Å². The van der Waals surface area contributed by atoms with E-state index in [4.69, 9.17) is 32.7 Å². The molecule has 6 heteroatoms.